The molecule has 1 unspecified atom stereocenters. The molecule has 2 aliphatic heterocycles. The number of rotatable bonds is 1. The molecule has 0 radical (unpaired) electrons. The van der Waals surface area contributed by atoms with Crippen molar-refractivity contribution in [1.82, 2.24) is 4.98 Å². The largest absolute Gasteiger partial charge is 0.392 e. The van der Waals surface area contributed by atoms with E-state index < -0.39 is 29.5 Å². The van der Waals surface area contributed by atoms with Crippen molar-refractivity contribution in [2.24, 2.45) is 11.3 Å². The number of aromatic nitrogens is 1. The van der Waals surface area contributed by atoms with E-state index in [0.717, 1.165) is 35.6 Å². The van der Waals surface area contributed by atoms with Crippen LogP contribution < -0.4 is 0 Å². The minimum atomic E-state index is -0.745. The van der Waals surface area contributed by atoms with Crippen molar-refractivity contribution < 1.29 is 20.1 Å². The SMILES string of the molecule is C[C@]12CC=C3C=C4C[C@@H](O)[C@@H](O)C[C@]45CCC3(O5)[C@@H]1C[C@@H](O)[C@@H]2c1ccc2ccncc2c1. The number of hydrogen-bond acceptors (Lipinski definition) is 5. The van der Waals surface area contributed by atoms with E-state index in [9.17, 15) is 15.3 Å². The number of allylic oxidation sites excluding steroid dienone is 1. The van der Waals surface area contributed by atoms with Gasteiger partial charge in [-0.2, -0.15) is 0 Å². The molecule has 5 heteroatoms. The first kappa shape index (κ1) is 20.3. The van der Waals surface area contributed by atoms with E-state index in [4.69, 9.17) is 4.74 Å². The summed E-state index contributed by atoms with van der Waals surface area (Å²) in [5, 5.41) is 34.5. The van der Waals surface area contributed by atoms with Crippen LogP contribution in [0.2, 0.25) is 0 Å². The van der Waals surface area contributed by atoms with Crippen LogP contribution in [-0.2, 0) is 4.74 Å². The van der Waals surface area contributed by atoms with Crippen molar-refractivity contribution in [3.8, 4) is 0 Å². The monoisotopic (exact) mass is 445 g/mol. The molecule has 2 bridgehead atoms. The van der Waals surface area contributed by atoms with Crippen LogP contribution in [0.5, 0.6) is 0 Å². The van der Waals surface area contributed by atoms with E-state index in [2.05, 4.69) is 42.3 Å². The number of benzene rings is 1. The Labute approximate surface area is 193 Å². The Morgan fingerprint density at radius 3 is 2.79 bits per heavy atom. The first-order chi connectivity index (χ1) is 15.8. The van der Waals surface area contributed by atoms with Gasteiger partial charge in [0.1, 0.15) is 0 Å². The summed E-state index contributed by atoms with van der Waals surface area (Å²) in [5.74, 6) is 0.235. The molecule has 5 aliphatic rings. The number of fused-ring (bicyclic) bond motifs is 2. The van der Waals surface area contributed by atoms with Crippen molar-refractivity contribution in [2.75, 3.05) is 0 Å². The van der Waals surface area contributed by atoms with Crippen LogP contribution in [0.4, 0.5) is 0 Å². The summed E-state index contributed by atoms with van der Waals surface area (Å²) in [6.07, 6.45) is 10.8. The third-order valence-corrected chi connectivity index (χ3v) is 9.81. The smallest absolute Gasteiger partial charge is 0.0975 e. The lowest BCUT2D eigenvalue weighted by atomic mass is 9.58. The Balaban J connectivity index is 1.32. The fourth-order valence-corrected chi connectivity index (χ4v) is 8.27. The number of aliphatic hydroxyl groups is 3. The maximum absolute atomic E-state index is 11.4. The lowest BCUT2D eigenvalue weighted by Crippen LogP contribution is -2.55. The minimum absolute atomic E-state index is 0.0311. The Morgan fingerprint density at radius 2 is 1.91 bits per heavy atom. The summed E-state index contributed by atoms with van der Waals surface area (Å²) in [6.45, 7) is 2.33. The van der Waals surface area contributed by atoms with Crippen molar-refractivity contribution >= 4 is 10.8 Å². The van der Waals surface area contributed by atoms with E-state index in [1.807, 2.05) is 18.5 Å². The molecule has 3 fully saturated rings. The predicted molar refractivity (Wildman–Crippen MR) is 125 cm³/mol. The second-order valence-corrected chi connectivity index (χ2v) is 11.4. The van der Waals surface area contributed by atoms with E-state index >= 15 is 0 Å². The fourth-order valence-electron chi connectivity index (χ4n) is 8.27. The van der Waals surface area contributed by atoms with Crippen LogP contribution in [0.15, 0.2) is 60.0 Å². The normalized spacial score (nSPS) is 45.8. The minimum Gasteiger partial charge on any atom is -0.392 e. The summed E-state index contributed by atoms with van der Waals surface area (Å²) in [6, 6.07) is 8.55. The molecular weight excluding hydrogens is 414 g/mol. The van der Waals surface area contributed by atoms with Crippen LogP contribution in [0.25, 0.3) is 10.8 Å². The highest BCUT2D eigenvalue weighted by atomic mass is 16.5. The van der Waals surface area contributed by atoms with Crippen molar-refractivity contribution in [3.05, 3.63) is 65.5 Å². The molecule has 1 aromatic carbocycles. The zero-order valence-electron chi connectivity index (χ0n) is 18.9. The molecule has 8 atom stereocenters. The molecule has 3 aliphatic carbocycles. The highest BCUT2D eigenvalue weighted by Crippen LogP contribution is 2.69. The maximum Gasteiger partial charge on any atom is 0.0975 e. The molecule has 2 saturated carbocycles. The molecule has 172 valence electrons. The van der Waals surface area contributed by atoms with Crippen LogP contribution in [-0.4, -0.2) is 49.8 Å². The summed E-state index contributed by atoms with van der Waals surface area (Å²) < 4.78 is 7.05. The molecule has 7 rings (SSSR count). The van der Waals surface area contributed by atoms with Crippen molar-refractivity contribution in [2.45, 2.75) is 80.9 Å². The number of hydrogen-bond donors (Lipinski definition) is 3. The quantitative estimate of drug-likeness (QED) is 0.622. The van der Waals surface area contributed by atoms with Gasteiger partial charge < -0.3 is 20.1 Å². The first-order valence-electron chi connectivity index (χ1n) is 12.3. The van der Waals surface area contributed by atoms with Crippen LogP contribution in [0, 0.1) is 11.3 Å². The van der Waals surface area contributed by atoms with Gasteiger partial charge in [0.25, 0.3) is 0 Å². The molecule has 3 heterocycles. The second-order valence-electron chi connectivity index (χ2n) is 11.4. The van der Waals surface area contributed by atoms with Crippen molar-refractivity contribution in [3.63, 3.8) is 0 Å². The van der Waals surface area contributed by atoms with E-state index in [1.165, 1.54) is 11.1 Å². The lowest BCUT2D eigenvalue weighted by Gasteiger charge is -2.54. The summed E-state index contributed by atoms with van der Waals surface area (Å²) >= 11 is 0. The Kier molecular flexibility index (Phi) is 4.03. The lowest BCUT2D eigenvalue weighted by molar-refractivity contribution is -0.157. The third kappa shape index (κ3) is 2.54. The fraction of sp³-hybridized carbons (Fsp3) is 0.536. The van der Waals surface area contributed by atoms with Gasteiger partial charge in [-0.15, -0.1) is 0 Å². The van der Waals surface area contributed by atoms with E-state index in [-0.39, 0.29) is 17.3 Å². The number of ether oxygens (including phenoxy) is 1. The molecule has 2 spiro atoms. The molecule has 3 N–H and O–H groups in total. The molecular formula is C28H31NO4. The molecule has 1 aromatic heterocycles. The van der Waals surface area contributed by atoms with Gasteiger partial charge in [0.15, 0.2) is 0 Å². The van der Waals surface area contributed by atoms with E-state index in [1.54, 1.807) is 0 Å². The topological polar surface area (TPSA) is 82.8 Å². The molecule has 1 saturated heterocycles. The Bertz CT molecular complexity index is 1220. The Hall–Kier alpha value is -2.05. The van der Waals surface area contributed by atoms with Crippen LogP contribution >= 0.6 is 0 Å². The number of aliphatic hydroxyl groups excluding tert-OH is 3. The summed E-state index contributed by atoms with van der Waals surface area (Å²) in [7, 11) is 0. The molecule has 5 nitrogen and oxygen atoms in total. The summed E-state index contributed by atoms with van der Waals surface area (Å²) in [5.41, 5.74) is 2.55. The third-order valence-electron chi connectivity index (χ3n) is 9.81. The van der Waals surface area contributed by atoms with Gasteiger partial charge in [0.05, 0.1) is 29.5 Å². The number of nitrogens with zero attached hydrogens (tertiary/aromatic N) is 1. The van der Waals surface area contributed by atoms with Gasteiger partial charge >= 0.3 is 0 Å². The van der Waals surface area contributed by atoms with E-state index in [0.29, 0.717) is 19.3 Å². The highest BCUT2D eigenvalue weighted by Gasteiger charge is 2.68. The van der Waals surface area contributed by atoms with Gasteiger partial charge in [-0.3, -0.25) is 4.98 Å². The van der Waals surface area contributed by atoms with Crippen molar-refractivity contribution in [1.29, 1.82) is 0 Å². The van der Waals surface area contributed by atoms with Gasteiger partial charge in [-0.25, -0.2) is 0 Å². The standard InChI is InChI=1S/C28H31NO4/c1-26-6-4-19-11-20-12-21(30)23(32)14-27(20)7-8-28(19,33-27)24(26)13-22(31)25(26)17-3-2-16-5-9-29-15-18(16)10-17/h2-5,9-11,15,21-25,30-32H,6-8,12-14H2,1H3/t21-,22-,23+,24-,25+,26+,27-,28?/m1/s1. The van der Waals surface area contributed by atoms with Crippen LogP contribution in [0.1, 0.15) is 56.9 Å². The maximum atomic E-state index is 11.4. The molecule has 0 amide bonds. The predicted octanol–water partition coefficient (Wildman–Crippen LogP) is 3.78. The average molecular weight is 446 g/mol. The second kappa shape index (κ2) is 6.54. The number of pyridine rings is 1. The zero-order valence-corrected chi connectivity index (χ0v) is 18.9. The highest BCUT2D eigenvalue weighted by molar-refractivity contribution is 5.82. The molecule has 33 heavy (non-hydrogen) atoms. The van der Waals surface area contributed by atoms with Crippen LogP contribution in [0.3, 0.4) is 0 Å². The Morgan fingerprint density at radius 1 is 1.03 bits per heavy atom. The summed E-state index contributed by atoms with van der Waals surface area (Å²) in [4.78, 5) is 4.29. The van der Waals surface area contributed by atoms with Gasteiger partial charge in [0, 0.05) is 36.0 Å². The first-order valence-corrected chi connectivity index (χ1v) is 12.3. The van der Waals surface area contributed by atoms with Gasteiger partial charge in [-0.1, -0.05) is 31.2 Å². The average Bonchev–Trinajstić information content (AvgIpc) is 3.26. The van der Waals surface area contributed by atoms with Gasteiger partial charge in [-0.05, 0) is 71.7 Å². The zero-order chi connectivity index (χ0) is 22.6. The van der Waals surface area contributed by atoms with Gasteiger partial charge in [0.2, 0.25) is 0 Å². The molecule has 2 aromatic rings.